The lowest BCUT2D eigenvalue weighted by Crippen LogP contribution is -1.95. The van der Waals surface area contributed by atoms with Crippen LogP contribution in [0.15, 0.2) is 42.5 Å². The lowest BCUT2D eigenvalue weighted by Gasteiger charge is -2.13. The Morgan fingerprint density at radius 3 is 2.48 bits per heavy atom. The normalized spacial score (nSPS) is 10.8. The van der Waals surface area contributed by atoms with Crippen LogP contribution in [0.1, 0.15) is 16.8 Å². The van der Waals surface area contributed by atoms with E-state index in [0.29, 0.717) is 0 Å². The molecule has 0 saturated carbocycles. The van der Waals surface area contributed by atoms with E-state index in [1.54, 1.807) is 0 Å². The molecule has 0 unspecified atom stereocenters. The number of para-hydroxylation sites is 1. The molecule has 106 valence electrons. The van der Waals surface area contributed by atoms with Crippen LogP contribution in [0.5, 0.6) is 11.5 Å². The molecule has 2 aromatic carbocycles. The summed E-state index contributed by atoms with van der Waals surface area (Å²) in [6.45, 7) is 5.99. The molecular weight excluding hydrogens is 260 g/mol. The summed E-state index contributed by atoms with van der Waals surface area (Å²) in [5, 5.41) is 1.00. The fourth-order valence-corrected chi connectivity index (χ4v) is 2.43. The summed E-state index contributed by atoms with van der Waals surface area (Å²) in [5.74, 6) is 1.60. The number of aromatic nitrogens is 1. The Morgan fingerprint density at radius 2 is 1.67 bits per heavy atom. The van der Waals surface area contributed by atoms with Crippen molar-refractivity contribution in [2.24, 2.45) is 0 Å². The van der Waals surface area contributed by atoms with E-state index in [2.05, 4.69) is 4.98 Å². The first-order valence-corrected chi connectivity index (χ1v) is 6.95. The van der Waals surface area contributed by atoms with E-state index in [1.165, 1.54) is 0 Å². The zero-order valence-corrected chi connectivity index (χ0v) is 12.5. The molecule has 0 bridgehead atoms. The number of nitrogens with zero attached hydrogens (tertiary/aromatic N) is 1. The van der Waals surface area contributed by atoms with Crippen molar-refractivity contribution in [2.45, 2.75) is 20.8 Å². The zero-order valence-electron chi connectivity index (χ0n) is 12.5. The summed E-state index contributed by atoms with van der Waals surface area (Å²) in [6, 6.07) is 13.9. The smallest absolute Gasteiger partial charge is 0.138 e. The summed E-state index contributed by atoms with van der Waals surface area (Å²) in [5.41, 5.74) is 10.7. The maximum absolute atomic E-state index is 6.12. The molecule has 3 aromatic rings. The van der Waals surface area contributed by atoms with Crippen LogP contribution in [0, 0.1) is 20.8 Å². The van der Waals surface area contributed by atoms with Crippen molar-refractivity contribution in [3.8, 4) is 11.5 Å². The van der Waals surface area contributed by atoms with Gasteiger partial charge in [-0.05, 0) is 44.0 Å². The Bertz CT molecular complexity index is 825. The number of aryl methyl sites for hydroxylation is 3. The molecule has 3 nitrogen and oxygen atoms in total. The molecule has 0 saturated heterocycles. The SMILES string of the molecule is Cc1cc(Oc2cc(N)c(C)cc2C)c2ccccc2n1. The van der Waals surface area contributed by atoms with Gasteiger partial charge in [-0.15, -0.1) is 0 Å². The lowest BCUT2D eigenvalue weighted by atomic mass is 10.1. The first-order valence-electron chi connectivity index (χ1n) is 6.95. The third-order valence-corrected chi connectivity index (χ3v) is 3.59. The molecule has 0 aliphatic heterocycles. The Labute approximate surface area is 124 Å². The standard InChI is InChI=1S/C18H18N2O/c1-11-8-12(2)17(10-15(11)19)21-18-9-13(3)20-16-7-5-4-6-14(16)18/h4-10H,19H2,1-3H3. The van der Waals surface area contributed by atoms with E-state index >= 15 is 0 Å². The second-order valence-electron chi connectivity index (χ2n) is 5.36. The van der Waals surface area contributed by atoms with Gasteiger partial charge < -0.3 is 10.5 Å². The molecule has 0 spiro atoms. The average Bonchev–Trinajstić information content (AvgIpc) is 2.44. The van der Waals surface area contributed by atoms with E-state index in [1.807, 2.05) is 63.2 Å². The third kappa shape index (κ3) is 2.55. The largest absolute Gasteiger partial charge is 0.456 e. The van der Waals surface area contributed by atoms with Crippen molar-refractivity contribution in [2.75, 3.05) is 5.73 Å². The van der Waals surface area contributed by atoms with E-state index < -0.39 is 0 Å². The molecule has 0 atom stereocenters. The summed E-state index contributed by atoms with van der Waals surface area (Å²) in [6.07, 6.45) is 0. The van der Waals surface area contributed by atoms with Gasteiger partial charge in [-0.2, -0.15) is 0 Å². The number of nitrogens with two attached hydrogens (primary N) is 1. The van der Waals surface area contributed by atoms with E-state index in [0.717, 1.165) is 44.9 Å². The van der Waals surface area contributed by atoms with Gasteiger partial charge in [-0.3, -0.25) is 4.98 Å². The minimum Gasteiger partial charge on any atom is -0.456 e. The van der Waals surface area contributed by atoms with Gasteiger partial charge in [0.25, 0.3) is 0 Å². The van der Waals surface area contributed by atoms with Crippen LogP contribution in [-0.2, 0) is 0 Å². The molecule has 0 fully saturated rings. The number of ether oxygens (including phenoxy) is 1. The summed E-state index contributed by atoms with van der Waals surface area (Å²) in [4.78, 5) is 4.53. The van der Waals surface area contributed by atoms with Crippen LogP contribution in [0.4, 0.5) is 5.69 Å². The van der Waals surface area contributed by atoms with Crippen molar-refractivity contribution in [3.63, 3.8) is 0 Å². The first-order chi connectivity index (χ1) is 10.0. The van der Waals surface area contributed by atoms with Crippen LogP contribution in [0.2, 0.25) is 0 Å². The molecule has 3 rings (SSSR count). The summed E-state index contributed by atoms with van der Waals surface area (Å²) >= 11 is 0. The molecule has 1 aromatic heterocycles. The highest BCUT2D eigenvalue weighted by molar-refractivity contribution is 5.85. The maximum Gasteiger partial charge on any atom is 0.138 e. The Balaban J connectivity index is 2.12. The van der Waals surface area contributed by atoms with Crippen molar-refractivity contribution in [3.05, 3.63) is 59.3 Å². The fraction of sp³-hybridized carbons (Fsp3) is 0.167. The van der Waals surface area contributed by atoms with E-state index in [-0.39, 0.29) is 0 Å². The van der Waals surface area contributed by atoms with Gasteiger partial charge in [0.05, 0.1) is 5.52 Å². The molecule has 21 heavy (non-hydrogen) atoms. The highest BCUT2D eigenvalue weighted by Gasteiger charge is 2.09. The third-order valence-electron chi connectivity index (χ3n) is 3.59. The van der Waals surface area contributed by atoms with Crippen molar-refractivity contribution in [1.29, 1.82) is 0 Å². The topological polar surface area (TPSA) is 48.1 Å². The quantitative estimate of drug-likeness (QED) is 0.700. The fourth-order valence-electron chi connectivity index (χ4n) is 2.43. The minimum absolute atomic E-state index is 0.741. The second kappa shape index (κ2) is 5.09. The van der Waals surface area contributed by atoms with Gasteiger partial charge in [0.15, 0.2) is 0 Å². The lowest BCUT2D eigenvalue weighted by molar-refractivity contribution is 0.484. The van der Waals surface area contributed by atoms with Crippen LogP contribution in [0.3, 0.4) is 0 Å². The maximum atomic E-state index is 6.12. The number of benzene rings is 2. The molecular formula is C18H18N2O. The molecule has 0 aliphatic carbocycles. The van der Waals surface area contributed by atoms with E-state index in [9.17, 15) is 0 Å². The highest BCUT2D eigenvalue weighted by atomic mass is 16.5. The summed E-state index contributed by atoms with van der Waals surface area (Å²) in [7, 11) is 0. The van der Waals surface area contributed by atoms with Crippen LogP contribution >= 0.6 is 0 Å². The number of nitrogen functional groups attached to an aromatic ring is 1. The second-order valence-corrected chi connectivity index (χ2v) is 5.36. The number of hydrogen-bond donors (Lipinski definition) is 1. The first kappa shape index (κ1) is 13.4. The average molecular weight is 278 g/mol. The Hall–Kier alpha value is -2.55. The van der Waals surface area contributed by atoms with Gasteiger partial charge in [0.2, 0.25) is 0 Å². The minimum atomic E-state index is 0.741. The molecule has 0 radical (unpaired) electrons. The predicted octanol–water partition coefficient (Wildman–Crippen LogP) is 4.53. The van der Waals surface area contributed by atoms with Gasteiger partial charge >= 0.3 is 0 Å². The van der Waals surface area contributed by atoms with Gasteiger partial charge in [0, 0.05) is 28.9 Å². The van der Waals surface area contributed by atoms with Crippen molar-refractivity contribution < 1.29 is 4.74 Å². The van der Waals surface area contributed by atoms with Gasteiger partial charge in [-0.1, -0.05) is 18.2 Å². The number of hydrogen-bond acceptors (Lipinski definition) is 3. The number of rotatable bonds is 2. The van der Waals surface area contributed by atoms with Crippen LogP contribution in [-0.4, -0.2) is 4.98 Å². The Kier molecular flexibility index (Phi) is 3.26. The predicted molar refractivity (Wildman–Crippen MR) is 86.9 cm³/mol. The molecule has 2 N–H and O–H groups in total. The van der Waals surface area contributed by atoms with Crippen LogP contribution in [0.25, 0.3) is 10.9 Å². The molecule has 1 heterocycles. The number of anilines is 1. The zero-order chi connectivity index (χ0) is 15.0. The number of pyridine rings is 1. The van der Waals surface area contributed by atoms with Gasteiger partial charge in [-0.25, -0.2) is 0 Å². The van der Waals surface area contributed by atoms with Crippen LogP contribution < -0.4 is 10.5 Å². The Morgan fingerprint density at radius 1 is 0.905 bits per heavy atom. The molecule has 0 amide bonds. The van der Waals surface area contributed by atoms with Crippen molar-refractivity contribution >= 4 is 16.6 Å². The molecule has 0 aliphatic rings. The molecule has 3 heteroatoms. The number of fused-ring (bicyclic) bond motifs is 1. The monoisotopic (exact) mass is 278 g/mol. The van der Waals surface area contributed by atoms with Crippen molar-refractivity contribution in [1.82, 2.24) is 4.98 Å². The van der Waals surface area contributed by atoms with Gasteiger partial charge in [0.1, 0.15) is 11.5 Å². The highest BCUT2D eigenvalue weighted by Crippen LogP contribution is 2.33. The summed E-state index contributed by atoms with van der Waals surface area (Å²) < 4.78 is 6.12. The van der Waals surface area contributed by atoms with E-state index in [4.69, 9.17) is 10.5 Å².